The number of aliphatic imine (C=N–C) groups is 1. The highest BCUT2D eigenvalue weighted by molar-refractivity contribution is 5.79. The van der Waals surface area contributed by atoms with Crippen molar-refractivity contribution >= 4 is 5.96 Å². The number of aryl methyl sites for hydroxylation is 2. The third-order valence-corrected chi connectivity index (χ3v) is 5.73. The molecule has 2 heterocycles. The van der Waals surface area contributed by atoms with E-state index in [0.29, 0.717) is 6.10 Å². The van der Waals surface area contributed by atoms with Crippen molar-refractivity contribution in [3.8, 4) is 5.69 Å². The second-order valence-corrected chi connectivity index (χ2v) is 8.00. The van der Waals surface area contributed by atoms with Crippen LogP contribution in [0.3, 0.4) is 0 Å². The Morgan fingerprint density at radius 1 is 1.16 bits per heavy atom. The van der Waals surface area contributed by atoms with E-state index in [-0.39, 0.29) is 0 Å². The number of piperidine rings is 1. The lowest BCUT2D eigenvalue weighted by Gasteiger charge is -2.34. The van der Waals surface area contributed by atoms with Crippen molar-refractivity contribution in [3.63, 3.8) is 0 Å². The van der Waals surface area contributed by atoms with Crippen LogP contribution in [0.2, 0.25) is 0 Å². The summed E-state index contributed by atoms with van der Waals surface area (Å²) < 4.78 is 13.0. The fourth-order valence-corrected chi connectivity index (χ4v) is 3.95. The molecule has 1 aromatic carbocycles. The smallest absolute Gasteiger partial charge is 0.193 e. The molecule has 0 spiro atoms. The Morgan fingerprint density at radius 2 is 1.94 bits per heavy atom. The van der Waals surface area contributed by atoms with Crippen molar-refractivity contribution in [3.05, 3.63) is 47.8 Å². The van der Waals surface area contributed by atoms with Crippen LogP contribution in [0.5, 0.6) is 0 Å². The van der Waals surface area contributed by atoms with Gasteiger partial charge in [-0.15, -0.1) is 0 Å². The number of hydrogen-bond donors (Lipinski definition) is 1. The SMILES string of the molecule is CN=C(NCCCc1cn(-c2ccccc2)nc1C)N1CCC(OCCCOC)CC1. The molecule has 1 N–H and O–H groups in total. The number of benzene rings is 1. The van der Waals surface area contributed by atoms with Crippen molar-refractivity contribution in [2.45, 2.75) is 45.1 Å². The number of nitrogens with one attached hydrogen (secondary N) is 1. The lowest BCUT2D eigenvalue weighted by atomic mass is 10.1. The van der Waals surface area contributed by atoms with Crippen LogP contribution in [0.25, 0.3) is 5.69 Å². The quantitative estimate of drug-likeness (QED) is 0.358. The molecule has 0 aliphatic carbocycles. The first-order valence-electron chi connectivity index (χ1n) is 11.4. The molecule has 0 amide bonds. The van der Waals surface area contributed by atoms with Gasteiger partial charge in [0.05, 0.1) is 17.5 Å². The third kappa shape index (κ3) is 7.08. The molecule has 1 aromatic heterocycles. The number of para-hydroxylation sites is 1. The second kappa shape index (κ2) is 12.5. The summed E-state index contributed by atoms with van der Waals surface area (Å²) in [6, 6.07) is 10.3. The van der Waals surface area contributed by atoms with Crippen LogP contribution in [0.4, 0.5) is 0 Å². The second-order valence-electron chi connectivity index (χ2n) is 8.00. The highest BCUT2D eigenvalue weighted by Crippen LogP contribution is 2.15. The summed E-state index contributed by atoms with van der Waals surface area (Å²) in [4.78, 5) is 6.83. The van der Waals surface area contributed by atoms with Gasteiger partial charge in [-0.2, -0.15) is 5.10 Å². The largest absolute Gasteiger partial charge is 0.385 e. The minimum absolute atomic E-state index is 0.357. The lowest BCUT2D eigenvalue weighted by molar-refractivity contribution is 0.00991. The summed E-state index contributed by atoms with van der Waals surface area (Å²) in [5, 5.41) is 8.20. The maximum absolute atomic E-state index is 5.96. The van der Waals surface area contributed by atoms with E-state index in [9.17, 15) is 0 Å². The minimum Gasteiger partial charge on any atom is -0.385 e. The Labute approximate surface area is 186 Å². The molecule has 7 nitrogen and oxygen atoms in total. The van der Waals surface area contributed by atoms with Gasteiger partial charge in [0, 0.05) is 53.2 Å². The van der Waals surface area contributed by atoms with E-state index >= 15 is 0 Å². The van der Waals surface area contributed by atoms with Crippen LogP contribution in [-0.4, -0.2) is 73.7 Å². The number of hydrogen-bond acceptors (Lipinski definition) is 4. The average molecular weight is 428 g/mol. The zero-order valence-electron chi connectivity index (χ0n) is 19.2. The lowest BCUT2D eigenvalue weighted by Crippen LogP contribution is -2.47. The summed E-state index contributed by atoms with van der Waals surface area (Å²) >= 11 is 0. The zero-order chi connectivity index (χ0) is 21.9. The van der Waals surface area contributed by atoms with E-state index in [0.717, 1.165) is 82.3 Å². The van der Waals surface area contributed by atoms with Crippen LogP contribution in [-0.2, 0) is 15.9 Å². The molecule has 0 bridgehead atoms. The first-order chi connectivity index (χ1) is 15.2. The molecule has 1 saturated heterocycles. The Bertz CT molecular complexity index is 798. The standard InChI is InChI=1S/C24H37N5O2/c1-20-21(19-29(27-20)22-10-5-4-6-11-22)9-7-14-26-24(25-2)28-15-12-23(13-16-28)31-18-8-17-30-3/h4-6,10-11,19,23H,7-9,12-18H2,1-3H3,(H,25,26). The molecular weight excluding hydrogens is 390 g/mol. The van der Waals surface area contributed by atoms with E-state index in [1.54, 1.807) is 7.11 Å². The molecule has 0 saturated carbocycles. The summed E-state index contributed by atoms with van der Waals surface area (Å²) in [5.74, 6) is 0.995. The Hall–Kier alpha value is -2.38. The van der Waals surface area contributed by atoms with Gasteiger partial charge in [-0.1, -0.05) is 18.2 Å². The average Bonchev–Trinajstić information content (AvgIpc) is 3.18. The van der Waals surface area contributed by atoms with Gasteiger partial charge in [-0.05, 0) is 56.7 Å². The van der Waals surface area contributed by atoms with Gasteiger partial charge < -0.3 is 19.7 Å². The van der Waals surface area contributed by atoms with E-state index in [4.69, 9.17) is 9.47 Å². The highest BCUT2D eigenvalue weighted by atomic mass is 16.5. The monoisotopic (exact) mass is 427 g/mol. The van der Waals surface area contributed by atoms with E-state index in [2.05, 4.69) is 45.6 Å². The Balaban J connectivity index is 1.38. The maximum Gasteiger partial charge on any atom is 0.193 e. The highest BCUT2D eigenvalue weighted by Gasteiger charge is 2.21. The predicted molar refractivity (Wildman–Crippen MR) is 125 cm³/mol. The van der Waals surface area contributed by atoms with Crippen LogP contribution >= 0.6 is 0 Å². The molecule has 0 atom stereocenters. The summed E-state index contributed by atoms with van der Waals surface area (Å²) in [7, 11) is 3.60. The topological polar surface area (TPSA) is 63.9 Å². The summed E-state index contributed by atoms with van der Waals surface area (Å²) in [5.41, 5.74) is 3.49. The maximum atomic E-state index is 5.96. The molecule has 31 heavy (non-hydrogen) atoms. The van der Waals surface area contributed by atoms with Gasteiger partial charge in [0.1, 0.15) is 0 Å². The number of nitrogens with zero attached hydrogens (tertiary/aromatic N) is 4. The molecule has 7 heteroatoms. The van der Waals surface area contributed by atoms with Crippen molar-refractivity contribution in [1.82, 2.24) is 20.0 Å². The van der Waals surface area contributed by atoms with E-state index in [1.807, 2.05) is 29.9 Å². The molecule has 1 aliphatic rings. The number of rotatable bonds is 10. The van der Waals surface area contributed by atoms with Gasteiger partial charge in [0.2, 0.25) is 0 Å². The van der Waals surface area contributed by atoms with Crippen molar-refractivity contribution in [2.75, 3.05) is 47.0 Å². The molecular formula is C24H37N5O2. The molecule has 2 aromatic rings. The zero-order valence-corrected chi connectivity index (χ0v) is 19.2. The van der Waals surface area contributed by atoms with E-state index in [1.165, 1.54) is 5.56 Å². The fraction of sp³-hybridized carbons (Fsp3) is 0.583. The predicted octanol–water partition coefficient (Wildman–Crippen LogP) is 3.21. The van der Waals surface area contributed by atoms with Crippen LogP contribution < -0.4 is 5.32 Å². The van der Waals surface area contributed by atoms with Gasteiger partial charge in [0.15, 0.2) is 5.96 Å². The van der Waals surface area contributed by atoms with Crippen LogP contribution in [0.15, 0.2) is 41.5 Å². The summed E-state index contributed by atoms with van der Waals surface area (Å²) in [6.07, 6.45) is 7.60. The molecule has 0 radical (unpaired) electrons. The fourth-order valence-electron chi connectivity index (χ4n) is 3.95. The number of ether oxygens (including phenoxy) is 2. The number of guanidine groups is 1. The number of methoxy groups -OCH3 is 1. The van der Waals surface area contributed by atoms with E-state index < -0.39 is 0 Å². The number of likely N-dealkylation sites (tertiary alicyclic amines) is 1. The van der Waals surface area contributed by atoms with Gasteiger partial charge in [-0.25, -0.2) is 4.68 Å². The number of aromatic nitrogens is 2. The van der Waals surface area contributed by atoms with Crippen molar-refractivity contribution in [2.24, 2.45) is 4.99 Å². The molecule has 1 aliphatic heterocycles. The van der Waals surface area contributed by atoms with Gasteiger partial charge >= 0.3 is 0 Å². The van der Waals surface area contributed by atoms with Crippen LogP contribution in [0, 0.1) is 6.92 Å². The normalized spacial score (nSPS) is 15.5. The van der Waals surface area contributed by atoms with Crippen LogP contribution in [0.1, 0.15) is 36.9 Å². The Kier molecular flexibility index (Phi) is 9.37. The third-order valence-electron chi connectivity index (χ3n) is 5.73. The molecule has 1 fully saturated rings. The van der Waals surface area contributed by atoms with Crippen molar-refractivity contribution in [1.29, 1.82) is 0 Å². The van der Waals surface area contributed by atoms with Gasteiger partial charge in [-0.3, -0.25) is 4.99 Å². The molecule has 170 valence electrons. The first kappa shape index (κ1) is 23.3. The Morgan fingerprint density at radius 3 is 2.65 bits per heavy atom. The minimum atomic E-state index is 0.357. The summed E-state index contributed by atoms with van der Waals surface area (Å²) in [6.45, 7) is 6.50. The first-order valence-corrected chi connectivity index (χ1v) is 11.4. The van der Waals surface area contributed by atoms with Gasteiger partial charge in [0.25, 0.3) is 0 Å². The van der Waals surface area contributed by atoms with Crippen molar-refractivity contribution < 1.29 is 9.47 Å². The molecule has 3 rings (SSSR count). The molecule has 0 unspecified atom stereocenters.